The van der Waals surface area contributed by atoms with Crippen LogP contribution in [0.5, 0.6) is 5.75 Å². The molecule has 6 heteroatoms. The summed E-state index contributed by atoms with van der Waals surface area (Å²) in [5, 5.41) is 5.71. The van der Waals surface area contributed by atoms with Crippen molar-refractivity contribution in [1.29, 1.82) is 0 Å². The van der Waals surface area contributed by atoms with Gasteiger partial charge in [-0.2, -0.15) is 0 Å². The molecule has 0 aliphatic carbocycles. The predicted molar refractivity (Wildman–Crippen MR) is 94.2 cm³/mol. The molecule has 2 unspecified atom stereocenters. The minimum absolute atomic E-state index is 0.135. The molecule has 1 heterocycles. The van der Waals surface area contributed by atoms with Gasteiger partial charge in [-0.3, -0.25) is 9.59 Å². The second kappa shape index (κ2) is 8.37. The molecule has 0 aliphatic heterocycles. The van der Waals surface area contributed by atoms with Crippen molar-refractivity contribution in [2.24, 2.45) is 0 Å². The summed E-state index contributed by atoms with van der Waals surface area (Å²) in [5.74, 6) is 1.85. The SMILES string of the molecule is COc1ccc(C(CC(=O)NC(C)c2ccc(C)o2)NC(C)=O)cc1. The molecule has 2 rings (SSSR count). The van der Waals surface area contributed by atoms with E-state index in [1.165, 1.54) is 6.92 Å². The van der Waals surface area contributed by atoms with Gasteiger partial charge in [0.2, 0.25) is 11.8 Å². The van der Waals surface area contributed by atoms with E-state index in [1.54, 1.807) is 19.2 Å². The van der Waals surface area contributed by atoms with Crippen LogP contribution in [0.2, 0.25) is 0 Å². The van der Waals surface area contributed by atoms with Crippen LogP contribution in [0.15, 0.2) is 40.8 Å². The molecule has 0 bridgehead atoms. The number of carbonyl (C=O) groups excluding carboxylic acids is 2. The van der Waals surface area contributed by atoms with Gasteiger partial charge >= 0.3 is 0 Å². The minimum Gasteiger partial charge on any atom is -0.497 e. The van der Waals surface area contributed by atoms with E-state index < -0.39 is 6.04 Å². The Balaban J connectivity index is 2.04. The van der Waals surface area contributed by atoms with Crippen LogP contribution in [0.1, 0.15) is 49.4 Å². The van der Waals surface area contributed by atoms with Crippen LogP contribution in [0.4, 0.5) is 0 Å². The molecule has 134 valence electrons. The second-order valence-electron chi connectivity index (χ2n) is 5.97. The lowest BCUT2D eigenvalue weighted by molar-refractivity contribution is -0.123. The molecule has 0 saturated heterocycles. The lowest BCUT2D eigenvalue weighted by atomic mass is 10.0. The summed E-state index contributed by atoms with van der Waals surface area (Å²) in [4.78, 5) is 23.9. The fourth-order valence-corrected chi connectivity index (χ4v) is 2.58. The molecular formula is C19H24N2O4. The number of nitrogens with one attached hydrogen (secondary N) is 2. The molecule has 0 saturated carbocycles. The van der Waals surface area contributed by atoms with Gasteiger partial charge in [0, 0.05) is 6.92 Å². The van der Waals surface area contributed by atoms with Crippen LogP contribution in [-0.2, 0) is 9.59 Å². The van der Waals surface area contributed by atoms with Crippen LogP contribution < -0.4 is 15.4 Å². The third-order valence-electron chi connectivity index (χ3n) is 3.85. The number of amides is 2. The number of benzene rings is 1. The van der Waals surface area contributed by atoms with Crippen molar-refractivity contribution < 1.29 is 18.7 Å². The Morgan fingerprint density at radius 2 is 1.80 bits per heavy atom. The quantitative estimate of drug-likeness (QED) is 0.809. The van der Waals surface area contributed by atoms with Gasteiger partial charge in [0.05, 0.1) is 25.6 Å². The van der Waals surface area contributed by atoms with Crippen molar-refractivity contribution >= 4 is 11.8 Å². The van der Waals surface area contributed by atoms with Crippen LogP contribution in [0.25, 0.3) is 0 Å². The number of carbonyl (C=O) groups is 2. The molecule has 25 heavy (non-hydrogen) atoms. The van der Waals surface area contributed by atoms with E-state index >= 15 is 0 Å². The fourth-order valence-electron chi connectivity index (χ4n) is 2.58. The molecule has 6 nitrogen and oxygen atoms in total. The molecule has 1 aromatic heterocycles. The number of ether oxygens (including phenoxy) is 1. The van der Waals surface area contributed by atoms with Crippen LogP contribution in [0.3, 0.4) is 0 Å². The van der Waals surface area contributed by atoms with Gasteiger partial charge in [0.1, 0.15) is 17.3 Å². The monoisotopic (exact) mass is 344 g/mol. The molecule has 0 aliphatic rings. The number of hydrogen-bond acceptors (Lipinski definition) is 4. The fraction of sp³-hybridized carbons (Fsp3) is 0.368. The zero-order valence-electron chi connectivity index (χ0n) is 15.0. The van der Waals surface area contributed by atoms with Gasteiger partial charge < -0.3 is 19.8 Å². The summed E-state index contributed by atoms with van der Waals surface area (Å²) in [6.45, 7) is 5.15. The van der Waals surface area contributed by atoms with E-state index in [0.29, 0.717) is 5.76 Å². The van der Waals surface area contributed by atoms with Gasteiger partial charge in [-0.05, 0) is 43.7 Å². The predicted octanol–water partition coefficient (Wildman–Crippen LogP) is 3.04. The molecule has 2 N–H and O–H groups in total. The van der Waals surface area contributed by atoms with E-state index in [9.17, 15) is 9.59 Å². The molecular weight excluding hydrogens is 320 g/mol. The highest BCUT2D eigenvalue weighted by Crippen LogP contribution is 2.21. The summed E-state index contributed by atoms with van der Waals surface area (Å²) in [5.41, 5.74) is 0.840. The van der Waals surface area contributed by atoms with Crippen LogP contribution >= 0.6 is 0 Å². The lowest BCUT2D eigenvalue weighted by Crippen LogP contribution is -2.33. The van der Waals surface area contributed by atoms with E-state index in [4.69, 9.17) is 9.15 Å². The first-order chi connectivity index (χ1) is 11.9. The molecule has 0 radical (unpaired) electrons. The maximum absolute atomic E-state index is 12.4. The van der Waals surface area contributed by atoms with E-state index in [-0.39, 0.29) is 24.3 Å². The Kier molecular flexibility index (Phi) is 6.22. The highest BCUT2D eigenvalue weighted by Gasteiger charge is 2.19. The maximum atomic E-state index is 12.4. The van der Waals surface area contributed by atoms with Crippen molar-refractivity contribution in [2.45, 2.75) is 39.3 Å². The Morgan fingerprint density at radius 1 is 1.12 bits per heavy atom. The van der Waals surface area contributed by atoms with E-state index in [2.05, 4.69) is 10.6 Å². The second-order valence-corrected chi connectivity index (χ2v) is 5.97. The van der Waals surface area contributed by atoms with Crippen molar-refractivity contribution in [1.82, 2.24) is 10.6 Å². The number of aryl methyl sites for hydroxylation is 1. The topological polar surface area (TPSA) is 80.6 Å². The maximum Gasteiger partial charge on any atom is 0.222 e. The Bertz CT molecular complexity index is 721. The van der Waals surface area contributed by atoms with Gasteiger partial charge in [0.25, 0.3) is 0 Å². The Hall–Kier alpha value is -2.76. The molecule has 2 amide bonds. The Labute approximate surface area is 147 Å². The zero-order valence-corrected chi connectivity index (χ0v) is 15.0. The summed E-state index contributed by atoms with van der Waals surface area (Å²) in [6, 6.07) is 10.3. The number of furan rings is 1. The molecule has 1 aromatic carbocycles. The Morgan fingerprint density at radius 3 is 2.32 bits per heavy atom. The normalized spacial score (nSPS) is 13.0. The van der Waals surface area contributed by atoms with Crippen LogP contribution in [0, 0.1) is 6.92 Å². The third kappa shape index (κ3) is 5.38. The largest absolute Gasteiger partial charge is 0.497 e. The highest BCUT2D eigenvalue weighted by atomic mass is 16.5. The molecule has 0 fully saturated rings. The highest BCUT2D eigenvalue weighted by molar-refractivity contribution is 5.79. The number of rotatable bonds is 7. The summed E-state index contributed by atoms with van der Waals surface area (Å²) < 4.78 is 10.7. The van der Waals surface area contributed by atoms with Crippen molar-refractivity contribution in [3.8, 4) is 5.75 Å². The van der Waals surface area contributed by atoms with E-state index in [1.807, 2.05) is 38.1 Å². The third-order valence-corrected chi connectivity index (χ3v) is 3.85. The summed E-state index contributed by atoms with van der Waals surface area (Å²) >= 11 is 0. The lowest BCUT2D eigenvalue weighted by Gasteiger charge is -2.20. The van der Waals surface area contributed by atoms with E-state index in [0.717, 1.165) is 17.1 Å². The molecule has 0 spiro atoms. The van der Waals surface area contributed by atoms with Gasteiger partial charge in [-0.1, -0.05) is 12.1 Å². The average molecular weight is 344 g/mol. The average Bonchev–Trinajstić information content (AvgIpc) is 3.00. The zero-order chi connectivity index (χ0) is 18.4. The summed E-state index contributed by atoms with van der Waals surface area (Å²) in [7, 11) is 1.59. The van der Waals surface area contributed by atoms with Crippen molar-refractivity contribution in [3.63, 3.8) is 0 Å². The van der Waals surface area contributed by atoms with Crippen molar-refractivity contribution in [2.75, 3.05) is 7.11 Å². The first-order valence-electron chi connectivity index (χ1n) is 8.15. The van der Waals surface area contributed by atoms with Crippen LogP contribution in [-0.4, -0.2) is 18.9 Å². The number of hydrogen-bond donors (Lipinski definition) is 2. The van der Waals surface area contributed by atoms with Gasteiger partial charge in [0.15, 0.2) is 0 Å². The standard InChI is InChI=1S/C19H24N2O4/c1-12-5-10-18(25-12)13(2)20-19(23)11-17(21-14(3)22)15-6-8-16(24-4)9-7-15/h5-10,13,17H,11H2,1-4H3,(H,20,23)(H,21,22). The van der Waals surface area contributed by atoms with Crippen molar-refractivity contribution in [3.05, 3.63) is 53.5 Å². The number of methoxy groups -OCH3 is 1. The summed E-state index contributed by atoms with van der Waals surface area (Å²) in [6.07, 6.45) is 0.135. The molecule has 2 atom stereocenters. The van der Waals surface area contributed by atoms with Gasteiger partial charge in [-0.25, -0.2) is 0 Å². The minimum atomic E-state index is -0.408. The first-order valence-corrected chi connectivity index (χ1v) is 8.15. The first kappa shape index (κ1) is 18.6. The van der Waals surface area contributed by atoms with Gasteiger partial charge in [-0.15, -0.1) is 0 Å². The smallest absolute Gasteiger partial charge is 0.222 e. The molecule has 2 aromatic rings.